The molecule has 1 aliphatic carbocycles. The number of anilines is 2. The number of thioether (sulfide) groups is 1. The third kappa shape index (κ3) is 4.97. The van der Waals surface area contributed by atoms with Gasteiger partial charge in [-0.1, -0.05) is 49.4 Å². The maximum Gasteiger partial charge on any atom is 0.327 e. The first-order valence-electron chi connectivity index (χ1n) is 13.1. The lowest BCUT2D eigenvalue weighted by molar-refractivity contribution is -0.123. The first-order valence-corrected chi connectivity index (χ1v) is 13.9. The van der Waals surface area contributed by atoms with Crippen LogP contribution in [0, 0.1) is 0 Å². The molecule has 2 aliphatic heterocycles. The molecule has 3 aliphatic rings. The Hall–Kier alpha value is -4.45. The molecule has 4 atom stereocenters. The fraction of sp³-hybridized carbons (Fsp3) is 0.286. The van der Waals surface area contributed by atoms with Crippen LogP contribution >= 0.6 is 11.8 Å². The Balaban J connectivity index is 1.21. The molecule has 3 aromatic rings. The number of benzene rings is 1. The molecule has 1 fully saturated rings. The van der Waals surface area contributed by atoms with Crippen molar-refractivity contribution in [1.82, 2.24) is 30.9 Å². The van der Waals surface area contributed by atoms with E-state index in [9.17, 15) is 14.4 Å². The standard InChI is InChI=1S/C28H27N7O4S/c1-2-21(36)32-18-10-6-7-11-19(18)33-25(37)24-23-22-20(12-13-29-26(22)40-24)35(28(38)34-23)16-14-30-27(31-15-16)39-17-8-4-3-5-9-17/h2-5,8-9,12-15,18-19,23-24H,1,6-7,10-11H2,(H,32,36)(H,33,37)(H,34,38)/t18-,19-,23?,24?/m1/s1. The van der Waals surface area contributed by atoms with Gasteiger partial charge >= 0.3 is 12.0 Å². The Labute approximate surface area is 234 Å². The van der Waals surface area contributed by atoms with Crippen LogP contribution in [0.25, 0.3) is 0 Å². The third-order valence-electron chi connectivity index (χ3n) is 7.20. The highest BCUT2D eigenvalue weighted by Crippen LogP contribution is 2.50. The summed E-state index contributed by atoms with van der Waals surface area (Å²) in [6.07, 6.45) is 9.37. The number of rotatable bonds is 7. The molecule has 1 saturated carbocycles. The van der Waals surface area contributed by atoms with Crippen molar-refractivity contribution in [1.29, 1.82) is 0 Å². The van der Waals surface area contributed by atoms with E-state index < -0.39 is 17.3 Å². The van der Waals surface area contributed by atoms with Gasteiger partial charge in [0.1, 0.15) is 16.0 Å². The molecule has 6 rings (SSSR count). The predicted molar refractivity (Wildman–Crippen MR) is 148 cm³/mol. The lowest BCUT2D eigenvalue weighted by Gasteiger charge is -2.35. The third-order valence-corrected chi connectivity index (χ3v) is 8.48. The highest BCUT2D eigenvalue weighted by atomic mass is 32.2. The second-order valence-corrected chi connectivity index (χ2v) is 10.8. The number of pyridine rings is 1. The summed E-state index contributed by atoms with van der Waals surface area (Å²) < 4.78 is 5.67. The monoisotopic (exact) mass is 557 g/mol. The van der Waals surface area contributed by atoms with E-state index in [1.807, 2.05) is 18.2 Å². The van der Waals surface area contributed by atoms with Gasteiger partial charge in [-0.15, -0.1) is 0 Å². The summed E-state index contributed by atoms with van der Waals surface area (Å²) in [5.41, 5.74) is 1.85. The van der Waals surface area contributed by atoms with Crippen LogP contribution in [-0.4, -0.2) is 50.1 Å². The quantitative estimate of drug-likeness (QED) is 0.373. The van der Waals surface area contributed by atoms with Gasteiger partial charge in [0, 0.05) is 23.8 Å². The molecule has 3 N–H and O–H groups in total. The minimum Gasteiger partial charge on any atom is -0.424 e. The number of amides is 4. The van der Waals surface area contributed by atoms with E-state index in [0.29, 0.717) is 22.2 Å². The first-order chi connectivity index (χ1) is 19.5. The molecular formula is C28H27N7O4S. The van der Waals surface area contributed by atoms with Crippen molar-refractivity contribution in [3.05, 3.63) is 73.2 Å². The van der Waals surface area contributed by atoms with Crippen LogP contribution in [0.3, 0.4) is 0 Å². The van der Waals surface area contributed by atoms with Crippen molar-refractivity contribution in [3.8, 4) is 11.8 Å². The second-order valence-electron chi connectivity index (χ2n) is 9.71. The van der Waals surface area contributed by atoms with Crippen LogP contribution < -0.4 is 25.6 Å². The molecule has 40 heavy (non-hydrogen) atoms. The Morgan fingerprint density at radius 3 is 2.50 bits per heavy atom. The molecule has 0 bridgehead atoms. The number of hydrogen-bond acceptors (Lipinski definition) is 8. The number of aromatic nitrogens is 3. The van der Waals surface area contributed by atoms with Crippen molar-refractivity contribution in [3.63, 3.8) is 0 Å². The Kier molecular flexibility index (Phi) is 7.08. The van der Waals surface area contributed by atoms with Gasteiger partial charge in [0.15, 0.2) is 0 Å². The fourth-order valence-corrected chi connectivity index (χ4v) is 6.57. The van der Waals surface area contributed by atoms with Crippen LogP contribution in [-0.2, 0) is 9.59 Å². The number of nitrogens with one attached hydrogen (secondary N) is 3. The molecule has 4 amide bonds. The summed E-state index contributed by atoms with van der Waals surface area (Å²) in [5, 5.41) is 9.14. The zero-order valence-corrected chi connectivity index (χ0v) is 22.3. The Morgan fingerprint density at radius 2 is 1.77 bits per heavy atom. The average molecular weight is 558 g/mol. The van der Waals surface area contributed by atoms with Crippen LogP contribution in [0.1, 0.15) is 37.3 Å². The van der Waals surface area contributed by atoms with Gasteiger partial charge in [-0.3, -0.25) is 14.5 Å². The molecule has 2 unspecified atom stereocenters. The van der Waals surface area contributed by atoms with E-state index >= 15 is 0 Å². The summed E-state index contributed by atoms with van der Waals surface area (Å²) in [5.74, 6) is 0.138. The molecule has 2 aromatic heterocycles. The van der Waals surface area contributed by atoms with Crippen molar-refractivity contribution in [2.75, 3.05) is 4.90 Å². The minimum absolute atomic E-state index is 0.155. The largest absolute Gasteiger partial charge is 0.424 e. The number of ether oxygens (including phenoxy) is 1. The molecule has 0 spiro atoms. The second kappa shape index (κ2) is 11.0. The smallest absolute Gasteiger partial charge is 0.327 e. The van der Waals surface area contributed by atoms with Crippen LogP contribution in [0.2, 0.25) is 0 Å². The highest BCUT2D eigenvalue weighted by molar-refractivity contribution is 8.01. The number of para-hydroxylation sites is 1. The SMILES string of the molecule is C=CC(=O)N[C@@H]1CCCC[C@H]1NC(=O)C1Sc2nccc3c2C1NC(=O)N3c1cnc(Oc2ccccc2)nc1. The molecule has 12 heteroatoms. The van der Waals surface area contributed by atoms with Gasteiger partial charge in [-0.2, -0.15) is 0 Å². The van der Waals surface area contributed by atoms with Gasteiger partial charge < -0.3 is 20.7 Å². The normalized spacial score (nSPS) is 23.0. The van der Waals surface area contributed by atoms with E-state index in [0.717, 1.165) is 31.2 Å². The zero-order valence-electron chi connectivity index (χ0n) is 21.4. The van der Waals surface area contributed by atoms with E-state index in [-0.39, 0.29) is 29.9 Å². The van der Waals surface area contributed by atoms with E-state index in [4.69, 9.17) is 4.74 Å². The summed E-state index contributed by atoms with van der Waals surface area (Å²) in [7, 11) is 0. The van der Waals surface area contributed by atoms with Gasteiger partial charge in [0.2, 0.25) is 11.8 Å². The molecule has 0 saturated heterocycles. The maximum atomic E-state index is 13.5. The molecule has 4 heterocycles. The number of carbonyl (C=O) groups is 3. The summed E-state index contributed by atoms with van der Waals surface area (Å²) in [4.78, 5) is 53.4. The number of urea groups is 1. The average Bonchev–Trinajstić information content (AvgIpc) is 3.35. The predicted octanol–water partition coefficient (Wildman–Crippen LogP) is 3.77. The fourth-order valence-electron chi connectivity index (χ4n) is 5.34. The number of hydrogen-bond donors (Lipinski definition) is 3. The maximum absolute atomic E-state index is 13.5. The molecule has 204 valence electrons. The van der Waals surface area contributed by atoms with Crippen molar-refractivity contribution in [2.45, 2.75) is 54.1 Å². The molecule has 1 aromatic carbocycles. The molecule has 11 nitrogen and oxygen atoms in total. The minimum atomic E-state index is -0.606. The Bertz CT molecular complexity index is 1450. The van der Waals surface area contributed by atoms with Gasteiger partial charge in [0.25, 0.3) is 0 Å². The van der Waals surface area contributed by atoms with Crippen molar-refractivity contribution < 1.29 is 19.1 Å². The van der Waals surface area contributed by atoms with E-state index in [2.05, 4.69) is 37.5 Å². The van der Waals surface area contributed by atoms with Gasteiger partial charge in [-0.05, 0) is 37.1 Å². The van der Waals surface area contributed by atoms with Crippen LogP contribution in [0.5, 0.6) is 11.8 Å². The van der Waals surface area contributed by atoms with Gasteiger partial charge in [-0.25, -0.2) is 19.7 Å². The molecule has 0 radical (unpaired) electrons. The van der Waals surface area contributed by atoms with E-state index in [1.54, 1.807) is 24.4 Å². The number of carbonyl (C=O) groups excluding carboxylic acids is 3. The lowest BCUT2D eigenvalue weighted by Crippen LogP contribution is -2.56. The number of nitrogens with zero attached hydrogens (tertiary/aromatic N) is 4. The Morgan fingerprint density at radius 1 is 1.05 bits per heavy atom. The first kappa shape index (κ1) is 25.8. The summed E-state index contributed by atoms with van der Waals surface area (Å²) >= 11 is 1.32. The van der Waals surface area contributed by atoms with Gasteiger partial charge in [0.05, 0.1) is 29.8 Å². The van der Waals surface area contributed by atoms with Crippen molar-refractivity contribution >= 4 is 41.0 Å². The molecular weight excluding hydrogens is 530 g/mol. The highest BCUT2D eigenvalue weighted by Gasteiger charge is 2.47. The van der Waals surface area contributed by atoms with Crippen LogP contribution in [0.4, 0.5) is 16.2 Å². The summed E-state index contributed by atoms with van der Waals surface area (Å²) in [6.45, 7) is 3.52. The van der Waals surface area contributed by atoms with E-state index in [1.165, 1.54) is 35.1 Å². The lowest BCUT2D eigenvalue weighted by atomic mass is 9.89. The topological polar surface area (TPSA) is 138 Å². The zero-order chi connectivity index (χ0) is 27.6. The van der Waals surface area contributed by atoms with Crippen LogP contribution in [0.15, 0.2) is 72.7 Å². The van der Waals surface area contributed by atoms with Crippen molar-refractivity contribution in [2.24, 2.45) is 0 Å². The summed E-state index contributed by atoms with van der Waals surface area (Å²) in [6, 6.07) is 9.76.